The fraction of sp³-hybridized carbons (Fsp3) is 0. The number of aromatic nitrogens is 1. The molecule has 0 fully saturated rings. The third-order valence-corrected chi connectivity index (χ3v) is 1.38. The van der Waals surface area contributed by atoms with Gasteiger partial charge in [-0.15, -0.1) is 0 Å². The lowest BCUT2D eigenvalue weighted by Gasteiger charge is -1.93. The Labute approximate surface area is 53.7 Å². The number of pyridine rings is 1. The SMILES string of the molecule is [c]1ccc2[nH]cccc1-2. The maximum Gasteiger partial charge on any atom is 0.0459 e. The van der Waals surface area contributed by atoms with E-state index in [9.17, 15) is 0 Å². The summed E-state index contributed by atoms with van der Waals surface area (Å²) in [7, 11) is 0. The van der Waals surface area contributed by atoms with Crippen molar-refractivity contribution in [3.8, 4) is 11.3 Å². The molecule has 1 aliphatic heterocycles. The summed E-state index contributed by atoms with van der Waals surface area (Å²) in [5.41, 5.74) is 2.30. The zero-order valence-corrected chi connectivity index (χ0v) is 4.89. The van der Waals surface area contributed by atoms with Crippen LogP contribution >= 0.6 is 0 Å². The van der Waals surface area contributed by atoms with Gasteiger partial charge in [-0.3, -0.25) is 0 Å². The molecule has 0 aromatic rings. The van der Waals surface area contributed by atoms with Crippen LogP contribution in [0.5, 0.6) is 0 Å². The summed E-state index contributed by atoms with van der Waals surface area (Å²) in [5.74, 6) is 0. The molecule has 1 heteroatoms. The Morgan fingerprint density at radius 3 is 3.22 bits per heavy atom. The Morgan fingerprint density at radius 2 is 2.33 bits per heavy atom. The predicted octanol–water partition coefficient (Wildman–Crippen LogP) is 1.92. The summed E-state index contributed by atoms with van der Waals surface area (Å²) in [4.78, 5) is 3.10. The molecule has 2 rings (SSSR count). The second kappa shape index (κ2) is 1.62. The molecule has 1 N–H and O–H groups in total. The number of hydrogen-bond acceptors (Lipinski definition) is 0. The zero-order chi connectivity index (χ0) is 6.10. The van der Waals surface area contributed by atoms with E-state index in [0.29, 0.717) is 0 Å². The minimum atomic E-state index is 1.15. The number of H-pyrrole nitrogens is 1. The molecule has 0 bridgehead atoms. The maximum absolute atomic E-state index is 3.10. The van der Waals surface area contributed by atoms with Crippen molar-refractivity contribution in [3.05, 3.63) is 36.5 Å². The molecule has 0 saturated heterocycles. The van der Waals surface area contributed by atoms with Gasteiger partial charge in [0.05, 0.1) is 0 Å². The first-order chi connectivity index (χ1) is 4.47. The molecule has 9 heavy (non-hydrogen) atoms. The predicted molar refractivity (Wildman–Crippen MR) is 36.3 cm³/mol. The number of hydrogen-bond donors (Lipinski definition) is 1. The van der Waals surface area contributed by atoms with Crippen molar-refractivity contribution in [3.63, 3.8) is 0 Å². The number of fused-ring (bicyclic) bond motifs is 1. The average molecular weight is 116 g/mol. The van der Waals surface area contributed by atoms with Crippen molar-refractivity contribution >= 4 is 0 Å². The van der Waals surface area contributed by atoms with E-state index in [1.54, 1.807) is 0 Å². The number of rotatable bonds is 0. The van der Waals surface area contributed by atoms with Crippen LogP contribution in [0.25, 0.3) is 11.3 Å². The Morgan fingerprint density at radius 1 is 1.33 bits per heavy atom. The van der Waals surface area contributed by atoms with E-state index in [4.69, 9.17) is 0 Å². The molecular weight excluding hydrogens is 110 g/mol. The molecule has 2 aliphatic rings. The van der Waals surface area contributed by atoms with Crippen molar-refractivity contribution < 1.29 is 0 Å². The second-order valence-electron chi connectivity index (χ2n) is 1.98. The first kappa shape index (κ1) is 4.62. The second-order valence-corrected chi connectivity index (χ2v) is 1.98. The van der Waals surface area contributed by atoms with Gasteiger partial charge in [-0.25, -0.2) is 0 Å². The van der Waals surface area contributed by atoms with Gasteiger partial charge in [0.15, 0.2) is 0 Å². The van der Waals surface area contributed by atoms with Crippen LogP contribution in [0.15, 0.2) is 30.5 Å². The van der Waals surface area contributed by atoms with Crippen LogP contribution in [-0.2, 0) is 0 Å². The first-order valence-electron chi connectivity index (χ1n) is 2.90. The lowest BCUT2D eigenvalue weighted by molar-refractivity contribution is 1.34. The van der Waals surface area contributed by atoms with Gasteiger partial charge in [0.25, 0.3) is 0 Å². The van der Waals surface area contributed by atoms with Crippen molar-refractivity contribution in [1.82, 2.24) is 4.98 Å². The normalized spacial score (nSPS) is 10.2. The van der Waals surface area contributed by atoms with Crippen LogP contribution in [0.2, 0.25) is 0 Å². The van der Waals surface area contributed by atoms with Crippen LogP contribution in [0.1, 0.15) is 0 Å². The van der Waals surface area contributed by atoms with Gasteiger partial charge in [0.1, 0.15) is 0 Å². The lowest BCUT2D eigenvalue weighted by atomic mass is 10.2. The third kappa shape index (κ3) is 0.617. The monoisotopic (exact) mass is 116 g/mol. The van der Waals surface area contributed by atoms with Gasteiger partial charge in [0, 0.05) is 17.5 Å². The van der Waals surface area contributed by atoms with Crippen molar-refractivity contribution in [2.75, 3.05) is 0 Å². The molecule has 0 aromatic heterocycles. The molecule has 0 amide bonds. The van der Waals surface area contributed by atoms with Crippen molar-refractivity contribution in [2.45, 2.75) is 0 Å². The fourth-order valence-electron chi connectivity index (χ4n) is 0.928. The molecule has 1 aliphatic carbocycles. The van der Waals surface area contributed by atoms with Crippen LogP contribution in [0.4, 0.5) is 0 Å². The van der Waals surface area contributed by atoms with E-state index >= 15 is 0 Å². The van der Waals surface area contributed by atoms with Gasteiger partial charge < -0.3 is 4.98 Å². The summed E-state index contributed by atoms with van der Waals surface area (Å²) >= 11 is 0. The Bertz CT molecular complexity index is 245. The Kier molecular flexibility index (Phi) is 0.833. The number of nitrogens with one attached hydrogen (secondary N) is 1. The average Bonchev–Trinajstić information content (AvgIpc) is 2.33. The van der Waals surface area contributed by atoms with E-state index in [1.807, 2.05) is 30.5 Å². The van der Waals surface area contributed by atoms with Gasteiger partial charge in [-0.05, 0) is 18.2 Å². The van der Waals surface area contributed by atoms with E-state index in [0.717, 1.165) is 11.3 Å². The minimum Gasteiger partial charge on any atom is -0.361 e. The van der Waals surface area contributed by atoms with Crippen molar-refractivity contribution in [2.24, 2.45) is 0 Å². The first-order valence-corrected chi connectivity index (χ1v) is 2.90. The largest absolute Gasteiger partial charge is 0.361 e. The van der Waals surface area contributed by atoms with Crippen LogP contribution in [0.3, 0.4) is 0 Å². The fourth-order valence-corrected chi connectivity index (χ4v) is 0.928. The van der Waals surface area contributed by atoms with Crippen LogP contribution in [-0.4, -0.2) is 4.98 Å². The van der Waals surface area contributed by atoms with Crippen molar-refractivity contribution in [1.29, 1.82) is 0 Å². The van der Waals surface area contributed by atoms with Gasteiger partial charge in [0.2, 0.25) is 0 Å². The van der Waals surface area contributed by atoms with E-state index in [2.05, 4.69) is 11.1 Å². The summed E-state index contributed by atoms with van der Waals surface area (Å²) in [6.07, 6.45) is 1.91. The molecule has 0 atom stereocenters. The highest BCUT2D eigenvalue weighted by atomic mass is 14.7. The van der Waals surface area contributed by atoms with E-state index in [-0.39, 0.29) is 0 Å². The molecule has 1 nitrogen and oxygen atoms in total. The molecule has 0 unspecified atom stereocenters. The standard InChI is InChI=1S/C8H6N/c1-3-7-4-2-6-9-8(7)5-1/h1-2,4-6,9H. The number of aromatic amines is 1. The molecule has 1 radical (unpaired) electrons. The van der Waals surface area contributed by atoms with Crippen LogP contribution < -0.4 is 0 Å². The van der Waals surface area contributed by atoms with Gasteiger partial charge in [-0.2, -0.15) is 0 Å². The molecule has 43 valence electrons. The summed E-state index contributed by atoms with van der Waals surface area (Å²) in [5, 5.41) is 0. The molecular formula is C8H6N. The summed E-state index contributed by atoms with van der Waals surface area (Å²) < 4.78 is 0. The zero-order valence-electron chi connectivity index (χ0n) is 4.89. The Hall–Kier alpha value is -1.24. The highest BCUT2D eigenvalue weighted by Gasteiger charge is 1.96. The molecule has 0 saturated carbocycles. The third-order valence-electron chi connectivity index (χ3n) is 1.38. The minimum absolute atomic E-state index is 1.15. The van der Waals surface area contributed by atoms with E-state index < -0.39 is 0 Å². The molecule has 0 spiro atoms. The van der Waals surface area contributed by atoms with Crippen LogP contribution in [0, 0.1) is 6.07 Å². The topological polar surface area (TPSA) is 15.8 Å². The quantitative estimate of drug-likeness (QED) is 0.541. The van der Waals surface area contributed by atoms with E-state index in [1.165, 1.54) is 0 Å². The smallest absolute Gasteiger partial charge is 0.0459 e. The maximum atomic E-state index is 3.10. The molecule has 1 heterocycles. The highest BCUT2D eigenvalue weighted by molar-refractivity contribution is 5.60. The summed E-state index contributed by atoms with van der Waals surface area (Å²) in [6.45, 7) is 0. The van der Waals surface area contributed by atoms with Gasteiger partial charge >= 0.3 is 0 Å². The summed E-state index contributed by atoms with van der Waals surface area (Å²) in [6, 6.07) is 11.0. The van der Waals surface area contributed by atoms with Gasteiger partial charge in [-0.1, -0.05) is 12.1 Å². The highest BCUT2D eigenvalue weighted by Crippen LogP contribution is 2.17. The lowest BCUT2D eigenvalue weighted by Crippen LogP contribution is -1.75. The molecule has 0 aromatic carbocycles. The Balaban J connectivity index is 2.79.